The Morgan fingerprint density at radius 3 is 2.43 bits per heavy atom. The van der Waals surface area contributed by atoms with Crippen LogP contribution < -0.4 is 20.7 Å². The molecule has 0 aliphatic heterocycles. The largest absolute Gasteiger partial charge is 0.497 e. The summed E-state index contributed by atoms with van der Waals surface area (Å²) in [4.78, 5) is 16.0. The van der Waals surface area contributed by atoms with E-state index in [2.05, 4.69) is 40.0 Å². The number of hydrogen-bond donors (Lipinski definition) is 3. The fraction of sp³-hybridized carbons (Fsp3) is 0.391. The molecule has 7 heteroatoms. The van der Waals surface area contributed by atoms with Crippen LogP contribution in [-0.2, 0) is 6.42 Å². The standard InChI is InChI=1S/C23H32N4O2.HI/c1-17(19-8-10-21(29-4)11-9-19)12-14-26-23(25-3)27-15-13-18-6-5-7-20(16-18)22(28)24-2;/h5-11,16-17H,12-15H2,1-4H3,(H,24,28)(H2,25,26,27);1H. The Morgan fingerprint density at radius 1 is 1.10 bits per heavy atom. The van der Waals surface area contributed by atoms with Crippen LogP contribution in [0.2, 0.25) is 0 Å². The minimum atomic E-state index is -0.0664. The molecule has 6 nitrogen and oxygen atoms in total. The zero-order valence-corrected chi connectivity index (χ0v) is 20.5. The zero-order valence-electron chi connectivity index (χ0n) is 18.2. The summed E-state index contributed by atoms with van der Waals surface area (Å²) in [6, 6.07) is 15.9. The van der Waals surface area contributed by atoms with Gasteiger partial charge in [0.2, 0.25) is 0 Å². The van der Waals surface area contributed by atoms with Gasteiger partial charge in [0.25, 0.3) is 5.91 Å². The molecule has 1 amide bonds. The molecule has 0 spiro atoms. The second kappa shape index (κ2) is 13.8. The number of nitrogens with zero attached hydrogens (tertiary/aromatic N) is 1. The first-order valence-corrected chi connectivity index (χ1v) is 9.96. The number of carbonyl (C=O) groups is 1. The van der Waals surface area contributed by atoms with E-state index in [0.717, 1.165) is 43.2 Å². The average molecular weight is 524 g/mol. The molecule has 2 aromatic carbocycles. The Labute approximate surface area is 196 Å². The van der Waals surface area contributed by atoms with Crippen LogP contribution in [-0.4, -0.2) is 46.2 Å². The van der Waals surface area contributed by atoms with Gasteiger partial charge < -0.3 is 20.7 Å². The highest BCUT2D eigenvalue weighted by molar-refractivity contribution is 14.0. The van der Waals surface area contributed by atoms with Gasteiger partial charge in [-0.3, -0.25) is 9.79 Å². The summed E-state index contributed by atoms with van der Waals surface area (Å²) in [6.07, 6.45) is 1.81. The number of ether oxygens (including phenoxy) is 1. The molecule has 164 valence electrons. The maximum Gasteiger partial charge on any atom is 0.251 e. The molecule has 0 fully saturated rings. The third kappa shape index (κ3) is 8.22. The molecule has 1 unspecified atom stereocenters. The van der Waals surface area contributed by atoms with Crippen molar-refractivity contribution in [2.24, 2.45) is 4.99 Å². The number of amides is 1. The van der Waals surface area contributed by atoms with Crippen LogP contribution in [0.15, 0.2) is 53.5 Å². The van der Waals surface area contributed by atoms with Crippen molar-refractivity contribution in [2.75, 3.05) is 34.3 Å². The van der Waals surface area contributed by atoms with Crippen LogP contribution in [0.25, 0.3) is 0 Å². The number of nitrogens with one attached hydrogen (secondary N) is 3. The van der Waals surface area contributed by atoms with Gasteiger partial charge in [-0.1, -0.05) is 31.2 Å². The van der Waals surface area contributed by atoms with Crippen LogP contribution in [0.1, 0.15) is 40.7 Å². The Morgan fingerprint density at radius 2 is 1.80 bits per heavy atom. The van der Waals surface area contributed by atoms with Crippen molar-refractivity contribution in [2.45, 2.75) is 25.7 Å². The number of methoxy groups -OCH3 is 1. The first kappa shape index (κ1) is 25.7. The van der Waals surface area contributed by atoms with E-state index in [0.29, 0.717) is 11.5 Å². The summed E-state index contributed by atoms with van der Waals surface area (Å²) >= 11 is 0. The molecular weight excluding hydrogens is 491 g/mol. The van der Waals surface area contributed by atoms with Crippen LogP contribution in [0.5, 0.6) is 5.75 Å². The molecule has 0 heterocycles. The van der Waals surface area contributed by atoms with Gasteiger partial charge in [-0.25, -0.2) is 0 Å². The van der Waals surface area contributed by atoms with E-state index in [4.69, 9.17) is 4.74 Å². The number of aliphatic imine (C=N–C) groups is 1. The van der Waals surface area contributed by atoms with E-state index in [1.807, 2.05) is 36.4 Å². The van der Waals surface area contributed by atoms with Gasteiger partial charge in [-0.15, -0.1) is 24.0 Å². The minimum Gasteiger partial charge on any atom is -0.497 e. The van der Waals surface area contributed by atoms with Gasteiger partial charge in [0.05, 0.1) is 7.11 Å². The van der Waals surface area contributed by atoms with E-state index in [-0.39, 0.29) is 29.9 Å². The lowest BCUT2D eigenvalue weighted by atomic mass is 9.98. The Kier molecular flexibility index (Phi) is 11.9. The van der Waals surface area contributed by atoms with Gasteiger partial charge >= 0.3 is 0 Å². The molecule has 0 aliphatic carbocycles. The molecule has 3 N–H and O–H groups in total. The smallest absolute Gasteiger partial charge is 0.251 e. The SMILES string of the molecule is CN=C(NCCc1cccc(C(=O)NC)c1)NCCC(C)c1ccc(OC)cc1.I. The van der Waals surface area contributed by atoms with Gasteiger partial charge in [0.1, 0.15) is 5.75 Å². The fourth-order valence-electron chi connectivity index (χ4n) is 3.06. The van der Waals surface area contributed by atoms with Gasteiger partial charge in [0.15, 0.2) is 5.96 Å². The first-order valence-electron chi connectivity index (χ1n) is 9.96. The second-order valence-electron chi connectivity index (χ2n) is 6.92. The zero-order chi connectivity index (χ0) is 21.1. The molecular formula is C23H33IN4O2. The monoisotopic (exact) mass is 524 g/mol. The van der Waals surface area contributed by atoms with Crippen molar-refractivity contribution in [3.8, 4) is 5.75 Å². The van der Waals surface area contributed by atoms with E-state index < -0.39 is 0 Å². The molecule has 1 atom stereocenters. The van der Waals surface area contributed by atoms with Crippen LogP contribution >= 0.6 is 24.0 Å². The third-order valence-corrected chi connectivity index (χ3v) is 4.90. The summed E-state index contributed by atoms with van der Waals surface area (Å²) in [5, 5.41) is 9.35. The molecule has 0 aliphatic rings. The number of halogens is 1. The lowest BCUT2D eigenvalue weighted by molar-refractivity contribution is 0.0963. The van der Waals surface area contributed by atoms with Crippen LogP contribution in [0.4, 0.5) is 0 Å². The minimum absolute atomic E-state index is 0. The second-order valence-corrected chi connectivity index (χ2v) is 6.92. The third-order valence-electron chi connectivity index (χ3n) is 4.90. The van der Waals surface area contributed by atoms with E-state index in [1.54, 1.807) is 21.2 Å². The molecule has 0 aromatic heterocycles. The van der Waals surface area contributed by atoms with Gasteiger partial charge in [-0.2, -0.15) is 0 Å². The Hall–Kier alpha value is -2.29. The molecule has 0 radical (unpaired) electrons. The summed E-state index contributed by atoms with van der Waals surface area (Å²) in [7, 11) is 5.09. The topological polar surface area (TPSA) is 74.8 Å². The molecule has 2 aromatic rings. The summed E-state index contributed by atoms with van der Waals surface area (Å²) in [5.74, 6) is 2.04. The number of guanidine groups is 1. The number of hydrogen-bond acceptors (Lipinski definition) is 3. The molecule has 0 saturated heterocycles. The van der Waals surface area contributed by atoms with Crippen molar-refractivity contribution < 1.29 is 9.53 Å². The van der Waals surface area contributed by atoms with Crippen LogP contribution in [0, 0.1) is 0 Å². The Bertz CT molecular complexity index is 809. The maximum atomic E-state index is 11.7. The predicted molar refractivity (Wildman–Crippen MR) is 134 cm³/mol. The van der Waals surface area contributed by atoms with Crippen molar-refractivity contribution in [1.29, 1.82) is 0 Å². The fourth-order valence-corrected chi connectivity index (χ4v) is 3.06. The molecule has 2 rings (SSSR count). The highest BCUT2D eigenvalue weighted by atomic mass is 127. The molecule has 0 bridgehead atoms. The van der Waals surface area contributed by atoms with E-state index in [9.17, 15) is 4.79 Å². The van der Waals surface area contributed by atoms with Gasteiger partial charge in [-0.05, 0) is 54.2 Å². The lowest BCUT2D eigenvalue weighted by Crippen LogP contribution is -2.39. The average Bonchev–Trinajstić information content (AvgIpc) is 2.77. The summed E-state index contributed by atoms with van der Waals surface area (Å²) in [6.45, 7) is 3.79. The van der Waals surface area contributed by atoms with Gasteiger partial charge in [0, 0.05) is 32.7 Å². The normalized spacial score (nSPS) is 11.8. The predicted octanol–water partition coefficient (Wildman–Crippen LogP) is 3.57. The highest BCUT2D eigenvalue weighted by Gasteiger charge is 2.07. The number of benzene rings is 2. The van der Waals surface area contributed by atoms with E-state index >= 15 is 0 Å². The van der Waals surface area contributed by atoms with Crippen molar-refractivity contribution >= 4 is 35.8 Å². The van der Waals surface area contributed by atoms with Crippen LogP contribution in [0.3, 0.4) is 0 Å². The maximum absolute atomic E-state index is 11.7. The summed E-state index contributed by atoms with van der Waals surface area (Å²) in [5.41, 5.74) is 3.09. The number of rotatable bonds is 9. The first-order chi connectivity index (χ1) is 14.1. The lowest BCUT2D eigenvalue weighted by Gasteiger charge is -2.15. The quantitative estimate of drug-likeness (QED) is 0.267. The summed E-state index contributed by atoms with van der Waals surface area (Å²) < 4.78 is 5.21. The van der Waals surface area contributed by atoms with E-state index in [1.165, 1.54) is 5.56 Å². The highest BCUT2D eigenvalue weighted by Crippen LogP contribution is 2.21. The van der Waals surface area contributed by atoms with Crippen molar-refractivity contribution in [1.82, 2.24) is 16.0 Å². The van der Waals surface area contributed by atoms with Crippen molar-refractivity contribution in [3.63, 3.8) is 0 Å². The number of carbonyl (C=O) groups excluding carboxylic acids is 1. The molecule has 0 saturated carbocycles. The Balaban J connectivity index is 0.00000450. The molecule has 30 heavy (non-hydrogen) atoms. The van der Waals surface area contributed by atoms with Crippen molar-refractivity contribution in [3.05, 3.63) is 65.2 Å².